The lowest BCUT2D eigenvalue weighted by Crippen LogP contribution is -2.38. The van der Waals surface area contributed by atoms with Gasteiger partial charge in [-0.1, -0.05) is 0 Å². The molecule has 0 aliphatic rings. The molecule has 7 nitrogen and oxygen atoms in total. The lowest BCUT2D eigenvalue weighted by Gasteiger charge is -2.07. The second kappa shape index (κ2) is 5.70. The Bertz CT molecular complexity index is 919. The van der Waals surface area contributed by atoms with E-state index in [9.17, 15) is 22.4 Å². The molecule has 0 fully saturated rings. The first kappa shape index (κ1) is 15.9. The highest BCUT2D eigenvalue weighted by molar-refractivity contribution is 9.10. The molecule has 1 heterocycles. The van der Waals surface area contributed by atoms with E-state index >= 15 is 0 Å². The Labute approximate surface area is 127 Å². The van der Waals surface area contributed by atoms with Crippen molar-refractivity contribution in [2.24, 2.45) is 0 Å². The Hall–Kier alpha value is -1.52. The third kappa shape index (κ3) is 3.22. The number of hydrogen-bond donors (Lipinski definition) is 2. The molecule has 0 saturated carbocycles. The smallest absolute Gasteiger partial charge is 0.307 e. The topological polar surface area (TPSA) is 101 Å². The van der Waals surface area contributed by atoms with Gasteiger partial charge in [-0.15, -0.1) is 0 Å². The fourth-order valence-electron chi connectivity index (χ4n) is 1.76. The third-order valence-electron chi connectivity index (χ3n) is 2.92. The van der Waals surface area contributed by atoms with Crippen LogP contribution in [0.5, 0.6) is 0 Å². The molecule has 0 bridgehead atoms. The van der Waals surface area contributed by atoms with Crippen molar-refractivity contribution in [2.45, 2.75) is 6.54 Å². The maximum Gasteiger partial charge on any atom is 0.328 e. The Morgan fingerprint density at radius 2 is 2.05 bits per heavy atom. The van der Waals surface area contributed by atoms with Crippen LogP contribution in [0.2, 0.25) is 0 Å². The zero-order valence-electron chi connectivity index (χ0n) is 10.8. The average molecular weight is 380 g/mol. The van der Waals surface area contributed by atoms with Gasteiger partial charge in [0.1, 0.15) is 5.82 Å². The van der Waals surface area contributed by atoms with E-state index in [1.54, 1.807) is 0 Å². The molecule has 1 aromatic heterocycles. The van der Waals surface area contributed by atoms with Crippen molar-refractivity contribution in [3.05, 3.63) is 43.3 Å². The van der Waals surface area contributed by atoms with Crippen molar-refractivity contribution in [1.82, 2.24) is 14.3 Å². The summed E-state index contributed by atoms with van der Waals surface area (Å²) in [6.45, 7) is -0.303. The normalized spacial score (nSPS) is 12.0. The number of halogens is 2. The maximum absolute atomic E-state index is 13.4. The second-order valence-electron chi connectivity index (χ2n) is 4.22. The molecule has 21 heavy (non-hydrogen) atoms. The lowest BCUT2D eigenvalue weighted by molar-refractivity contribution is 0.576. The zero-order valence-corrected chi connectivity index (χ0v) is 13.2. The number of benzene rings is 1. The first-order valence-corrected chi connectivity index (χ1v) is 8.23. The molecule has 2 N–H and O–H groups in total. The Morgan fingerprint density at radius 3 is 2.67 bits per heavy atom. The summed E-state index contributed by atoms with van der Waals surface area (Å²) >= 11 is 2.95. The van der Waals surface area contributed by atoms with Gasteiger partial charge in [-0.25, -0.2) is 22.3 Å². The molecule has 0 atom stereocenters. The van der Waals surface area contributed by atoms with Crippen LogP contribution in [0.1, 0.15) is 0 Å². The molecule has 0 aliphatic carbocycles. The lowest BCUT2D eigenvalue weighted by atomic mass is 10.2. The van der Waals surface area contributed by atoms with Gasteiger partial charge < -0.3 is 4.98 Å². The number of aromatic nitrogens is 2. The van der Waals surface area contributed by atoms with Crippen LogP contribution in [0.25, 0.3) is 10.9 Å². The molecule has 0 radical (unpaired) electrons. The van der Waals surface area contributed by atoms with Gasteiger partial charge in [-0.2, -0.15) is 0 Å². The minimum atomic E-state index is -3.55. The van der Waals surface area contributed by atoms with Crippen LogP contribution < -0.4 is 16.0 Å². The van der Waals surface area contributed by atoms with Crippen molar-refractivity contribution in [3.63, 3.8) is 0 Å². The molecule has 0 saturated heterocycles. The summed E-state index contributed by atoms with van der Waals surface area (Å²) in [5.74, 6) is -1.03. The molecule has 114 valence electrons. The highest BCUT2D eigenvalue weighted by Gasteiger charge is 2.13. The third-order valence-corrected chi connectivity index (χ3v) is 4.87. The molecule has 2 rings (SSSR count). The zero-order chi connectivity index (χ0) is 15.8. The van der Waals surface area contributed by atoms with Gasteiger partial charge in [0.15, 0.2) is 0 Å². The SMILES string of the molecule is CNS(=O)(=O)CCn1c(=O)[nH]c2cc(F)c(Br)cc2c1=O. The Kier molecular flexibility index (Phi) is 4.30. The van der Waals surface area contributed by atoms with E-state index in [0.29, 0.717) is 0 Å². The van der Waals surface area contributed by atoms with Gasteiger partial charge in [0.05, 0.1) is 21.1 Å². The van der Waals surface area contributed by atoms with Crippen LogP contribution in [0.4, 0.5) is 4.39 Å². The van der Waals surface area contributed by atoms with Crippen molar-refractivity contribution in [1.29, 1.82) is 0 Å². The predicted molar refractivity (Wildman–Crippen MR) is 79.3 cm³/mol. The van der Waals surface area contributed by atoms with Gasteiger partial charge >= 0.3 is 5.69 Å². The summed E-state index contributed by atoms with van der Waals surface area (Å²) in [5.41, 5.74) is -1.42. The van der Waals surface area contributed by atoms with E-state index in [0.717, 1.165) is 10.6 Å². The van der Waals surface area contributed by atoms with E-state index in [2.05, 4.69) is 25.6 Å². The van der Waals surface area contributed by atoms with E-state index < -0.39 is 32.8 Å². The fraction of sp³-hybridized carbons (Fsp3) is 0.273. The van der Waals surface area contributed by atoms with Crippen molar-refractivity contribution >= 4 is 36.9 Å². The van der Waals surface area contributed by atoms with E-state index in [-0.39, 0.29) is 21.9 Å². The van der Waals surface area contributed by atoms with Crippen molar-refractivity contribution < 1.29 is 12.8 Å². The van der Waals surface area contributed by atoms with E-state index in [1.165, 1.54) is 13.1 Å². The largest absolute Gasteiger partial charge is 0.328 e. The summed E-state index contributed by atoms with van der Waals surface area (Å²) in [7, 11) is -2.31. The van der Waals surface area contributed by atoms with Crippen LogP contribution >= 0.6 is 15.9 Å². The molecular formula is C11H11BrFN3O4S. The summed E-state index contributed by atoms with van der Waals surface area (Å²) < 4.78 is 39.1. The van der Waals surface area contributed by atoms with Crippen LogP contribution in [0.3, 0.4) is 0 Å². The molecule has 10 heteroatoms. The van der Waals surface area contributed by atoms with Gasteiger partial charge in [-0.05, 0) is 35.1 Å². The summed E-state index contributed by atoms with van der Waals surface area (Å²) in [5, 5.41) is 0.0877. The first-order valence-electron chi connectivity index (χ1n) is 5.78. The molecular weight excluding hydrogens is 369 g/mol. The molecule has 0 amide bonds. The van der Waals surface area contributed by atoms with Crippen LogP contribution in [-0.2, 0) is 16.6 Å². The van der Waals surface area contributed by atoms with Gasteiger partial charge in [0.2, 0.25) is 10.0 Å². The number of hydrogen-bond acceptors (Lipinski definition) is 4. The Morgan fingerprint density at radius 1 is 1.38 bits per heavy atom. The van der Waals surface area contributed by atoms with Gasteiger partial charge in [0, 0.05) is 6.54 Å². The molecule has 2 aromatic rings. The summed E-state index contributed by atoms with van der Waals surface area (Å²) in [6.07, 6.45) is 0. The highest BCUT2D eigenvalue weighted by Crippen LogP contribution is 2.19. The van der Waals surface area contributed by atoms with Gasteiger partial charge in [0.25, 0.3) is 5.56 Å². The minimum absolute atomic E-state index is 0.0541. The van der Waals surface area contributed by atoms with Crippen molar-refractivity contribution in [3.8, 4) is 0 Å². The summed E-state index contributed by atoms with van der Waals surface area (Å²) in [4.78, 5) is 26.4. The number of H-pyrrole nitrogens is 1. The number of nitrogens with zero attached hydrogens (tertiary/aromatic N) is 1. The number of aromatic amines is 1. The average Bonchev–Trinajstić information content (AvgIpc) is 2.41. The molecule has 0 spiro atoms. The van der Waals surface area contributed by atoms with Crippen LogP contribution in [0.15, 0.2) is 26.2 Å². The van der Waals surface area contributed by atoms with E-state index in [1.807, 2.05) is 0 Å². The highest BCUT2D eigenvalue weighted by atomic mass is 79.9. The van der Waals surface area contributed by atoms with Crippen molar-refractivity contribution in [2.75, 3.05) is 12.8 Å². The minimum Gasteiger partial charge on any atom is -0.307 e. The standard InChI is InChI=1S/C11H11BrFN3O4S/c1-14-21(19,20)3-2-16-10(17)6-4-7(12)8(13)5-9(6)15-11(16)18/h4-5,14H,2-3H2,1H3,(H,15,18). The second-order valence-corrected chi connectivity index (χ2v) is 7.12. The number of nitrogens with one attached hydrogen (secondary N) is 2. The quantitative estimate of drug-likeness (QED) is 0.788. The number of rotatable bonds is 4. The van der Waals surface area contributed by atoms with Gasteiger partial charge in [-0.3, -0.25) is 9.36 Å². The fourth-order valence-corrected chi connectivity index (χ4v) is 2.73. The maximum atomic E-state index is 13.4. The molecule has 0 unspecified atom stereocenters. The van der Waals surface area contributed by atoms with Crippen LogP contribution in [-0.4, -0.2) is 30.8 Å². The molecule has 0 aliphatic heterocycles. The first-order chi connectivity index (χ1) is 9.75. The molecule has 1 aromatic carbocycles. The monoisotopic (exact) mass is 379 g/mol. The number of sulfonamides is 1. The van der Waals surface area contributed by atoms with Crippen LogP contribution in [0, 0.1) is 5.82 Å². The summed E-state index contributed by atoms with van der Waals surface area (Å²) in [6, 6.07) is 2.27. The predicted octanol–water partition coefficient (Wildman–Crippen LogP) is 0.141. The van der Waals surface area contributed by atoms with E-state index in [4.69, 9.17) is 0 Å². The number of fused-ring (bicyclic) bond motifs is 1. The Balaban J connectivity index is 2.58.